The summed E-state index contributed by atoms with van der Waals surface area (Å²) in [6.07, 6.45) is 6.92. The Morgan fingerprint density at radius 2 is 2.03 bits per heavy atom. The van der Waals surface area contributed by atoms with Crippen LogP contribution in [0.5, 0.6) is 0 Å². The number of ketones is 1. The van der Waals surface area contributed by atoms with Crippen molar-refractivity contribution in [3.05, 3.63) is 75.9 Å². The number of rotatable bonds is 6. The number of allylic oxidation sites excluding steroid dienone is 1. The average Bonchev–Trinajstić information content (AvgIpc) is 2.80. The van der Waals surface area contributed by atoms with Crippen molar-refractivity contribution in [2.24, 2.45) is 0 Å². The van der Waals surface area contributed by atoms with Gasteiger partial charge in [0.25, 0.3) is 0 Å². The van der Waals surface area contributed by atoms with Crippen LogP contribution >= 0.6 is 0 Å². The highest BCUT2D eigenvalue weighted by atomic mass is 19.1. The second-order valence-electron chi connectivity index (χ2n) is 7.39. The number of pyridine rings is 2. The van der Waals surface area contributed by atoms with Gasteiger partial charge in [-0.3, -0.25) is 14.6 Å². The first-order valence-corrected chi connectivity index (χ1v) is 10.2. The number of piperazine rings is 1. The van der Waals surface area contributed by atoms with Crippen LogP contribution in [0.2, 0.25) is 0 Å². The zero-order chi connectivity index (χ0) is 22.7. The number of carbonyl (C=O) groups is 1. The van der Waals surface area contributed by atoms with Crippen LogP contribution in [0.3, 0.4) is 0 Å². The predicted octanol–water partition coefficient (Wildman–Crippen LogP) is 2.95. The smallest absolute Gasteiger partial charge is 0.200 e. The molecule has 1 saturated heterocycles. The highest BCUT2D eigenvalue weighted by Gasteiger charge is 2.25. The molecule has 4 rings (SSSR count). The Labute approximate surface area is 182 Å². The molecule has 2 aromatic heterocycles. The molecule has 0 aliphatic carbocycles. The first-order chi connectivity index (χ1) is 15.5. The molecular formula is C23H21F3N4O2. The Balaban J connectivity index is 1.84. The maximum absolute atomic E-state index is 15.5. The Hall–Kier alpha value is -3.46. The molecule has 0 unspecified atom stereocenters. The number of alkyl halides is 1. The van der Waals surface area contributed by atoms with Gasteiger partial charge >= 0.3 is 0 Å². The second kappa shape index (κ2) is 9.35. The third-order valence-corrected chi connectivity index (χ3v) is 5.37. The molecule has 0 bridgehead atoms. The van der Waals surface area contributed by atoms with Gasteiger partial charge in [-0.1, -0.05) is 6.07 Å². The molecule has 1 fully saturated rings. The van der Waals surface area contributed by atoms with E-state index in [0.717, 1.165) is 12.3 Å². The predicted molar refractivity (Wildman–Crippen MR) is 117 cm³/mol. The minimum atomic E-state index is -0.933. The molecule has 0 spiro atoms. The maximum Gasteiger partial charge on any atom is 0.200 e. The van der Waals surface area contributed by atoms with E-state index in [9.17, 15) is 18.4 Å². The number of aromatic nitrogens is 2. The summed E-state index contributed by atoms with van der Waals surface area (Å²) in [4.78, 5) is 31.2. The van der Waals surface area contributed by atoms with E-state index in [1.807, 2.05) is 0 Å². The number of aryl methyl sites for hydroxylation is 1. The van der Waals surface area contributed by atoms with Gasteiger partial charge in [0.1, 0.15) is 18.2 Å². The van der Waals surface area contributed by atoms with Crippen LogP contribution in [0, 0.1) is 11.6 Å². The number of halogens is 3. The number of anilines is 1. The molecular weight excluding hydrogens is 421 g/mol. The molecule has 0 radical (unpaired) electrons. The van der Waals surface area contributed by atoms with Crippen molar-refractivity contribution in [2.75, 3.05) is 37.8 Å². The van der Waals surface area contributed by atoms with Crippen molar-refractivity contribution < 1.29 is 18.0 Å². The summed E-state index contributed by atoms with van der Waals surface area (Å²) < 4.78 is 44.8. The number of fused-ring (bicyclic) bond motifs is 1. The van der Waals surface area contributed by atoms with Crippen molar-refractivity contribution >= 4 is 28.4 Å². The van der Waals surface area contributed by atoms with E-state index in [4.69, 9.17) is 0 Å². The SMILES string of the molecule is O=C(C=Cc1cccnc1)c1cn(CCF)c2c(F)c(N3CCNCC3)c(F)cc2c1=O. The molecule has 1 aliphatic heterocycles. The number of hydrogen-bond donors (Lipinski definition) is 1. The molecule has 6 nitrogen and oxygen atoms in total. The Morgan fingerprint density at radius 1 is 1.25 bits per heavy atom. The molecule has 1 aliphatic rings. The van der Waals surface area contributed by atoms with Crippen LogP contribution in [0.4, 0.5) is 18.9 Å². The fourth-order valence-electron chi connectivity index (χ4n) is 3.83. The molecule has 0 atom stereocenters. The third kappa shape index (κ3) is 4.16. The Bertz CT molecular complexity index is 1240. The average molecular weight is 442 g/mol. The number of nitrogens with one attached hydrogen (secondary N) is 1. The van der Waals surface area contributed by atoms with Crippen molar-refractivity contribution in [1.82, 2.24) is 14.9 Å². The van der Waals surface area contributed by atoms with Crippen molar-refractivity contribution in [3.63, 3.8) is 0 Å². The lowest BCUT2D eigenvalue weighted by atomic mass is 10.1. The van der Waals surface area contributed by atoms with E-state index in [1.165, 1.54) is 22.9 Å². The number of hydrogen-bond acceptors (Lipinski definition) is 5. The zero-order valence-corrected chi connectivity index (χ0v) is 17.2. The van der Waals surface area contributed by atoms with E-state index >= 15 is 4.39 Å². The van der Waals surface area contributed by atoms with E-state index in [2.05, 4.69) is 10.3 Å². The van der Waals surface area contributed by atoms with Crippen LogP contribution in [0.25, 0.3) is 17.0 Å². The fraction of sp³-hybridized carbons (Fsp3) is 0.261. The van der Waals surface area contributed by atoms with Crippen molar-refractivity contribution in [1.29, 1.82) is 0 Å². The van der Waals surface area contributed by atoms with Gasteiger partial charge in [0.05, 0.1) is 23.0 Å². The van der Waals surface area contributed by atoms with Gasteiger partial charge in [-0.15, -0.1) is 0 Å². The van der Waals surface area contributed by atoms with Gasteiger partial charge in [-0.05, 0) is 29.8 Å². The van der Waals surface area contributed by atoms with Gasteiger partial charge in [0.15, 0.2) is 11.6 Å². The normalized spacial score (nSPS) is 14.4. The molecule has 1 N–H and O–H groups in total. The Morgan fingerprint density at radius 3 is 2.72 bits per heavy atom. The lowest BCUT2D eigenvalue weighted by Crippen LogP contribution is -2.44. The first kappa shape index (κ1) is 21.8. The molecule has 3 aromatic rings. The summed E-state index contributed by atoms with van der Waals surface area (Å²) in [7, 11) is 0. The Kier molecular flexibility index (Phi) is 6.36. The monoisotopic (exact) mass is 442 g/mol. The van der Waals surface area contributed by atoms with Crippen LogP contribution in [-0.2, 0) is 6.54 Å². The van der Waals surface area contributed by atoms with Crippen molar-refractivity contribution in [2.45, 2.75) is 6.54 Å². The van der Waals surface area contributed by atoms with Gasteiger partial charge in [0.2, 0.25) is 5.43 Å². The standard InChI is InChI=1S/C23H21F3N4O2/c24-5-9-30-14-17(19(31)4-3-15-2-1-6-28-13-15)23(32)16-12-18(25)22(20(26)21(16)30)29-10-7-27-8-11-29/h1-4,6,12-14,27H,5,7-11H2. The van der Waals surface area contributed by atoms with Gasteiger partial charge in [0, 0.05) is 44.8 Å². The molecule has 32 heavy (non-hydrogen) atoms. The second-order valence-corrected chi connectivity index (χ2v) is 7.39. The third-order valence-electron chi connectivity index (χ3n) is 5.37. The fourth-order valence-corrected chi connectivity index (χ4v) is 3.83. The van der Waals surface area contributed by atoms with Crippen LogP contribution in [-0.4, -0.2) is 48.2 Å². The molecule has 9 heteroatoms. The van der Waals surface area contributed by atoms with Crippen LogP contribution in [0.15, 0.2) is 47.7 Å². The highest BCUT2D eigenvalue weighted by Crippen LogP contribution is 2.30. The minimum Gasteiger partial charge on any atom is -0.364 e. The summed E-state index contributed by atoms with van der Waals surface area (Å²) in [6, 6.07) is 4.35. The summed E-state index contributed by atoms with van der Waals surface area (Å²) in [6.45, 7) is 0.768. The zero-order valence-electron chi connectivity index (χ0n) is 17.2. The summed E-state index contributed by atoms with van der Waals surface area (Å²) in [5.41, 5.74) is -0.916. The van der Waals surface area contributed by atoms with Gasteiger partial charge < -0.3 is 14.8 Å². The van der Waals surface area contributed by atoms with Gasteiger partial charge in [-0.2, -0.15) is 0 Å². The molecule has 0 saturated carbocycles. The van der Waals surface area contributed by atoms with Crippen LogP contribution < -0.4 is 15.6 Å². The lowest BCUT2D eigenvalue weighted by molar-refractivity contribution is 0.104. The summed E-state index contributed by atoms with van der Waals surface area (Å²) in [5, 5.41) is 2.81. The van der Waals surface area contributed by atoms with Crippen LogP contribution in [0.1, 0.15) is 15.9 Å². The summed E-state index contributed by atoms with van der Waals surface area (Å²) in [5.74, 6) is -2.48. The summed E-state index contributed by atoms with van der Waals surface area (Å²) >= 11 is 0. The number of benzene rings is 1. The first-order valence-electron chi connectivity index (χ1n) is 10.2. The largest absolute Gasteiger partial charge is 0.364 e. The topological polar surface area (TPSA) is 67.2 Å². The number of carbonyl (C=O) groups excluding carboxylic acids is 1. The minimum absolute atomic E-state index is 0.213. The molecule has 166 valence electrons. The quantitative estimate of drug-likeness (QED) is 0.470. The van der Waals surface area contributed by atoms with Gasteiger partial charge in [-0.25, -0.2) is 13.2 Å². The van der Waals surface area contributed by atoms with E-state index in [-0.39, 0.29) is 28.7 Å². The molecule has 3 heterocycles. The maximum atomic E-state index is 15.5. The lowest BCUT2D eigenvalue weighted by Gasteiger charge is -2.30. The highest BCUT2D eigenvalue weighted by molar-refractivity contribution is 6.08. The van der Waals surface area contributed by atoms with E-state index in [0.29, 0.717) is 31.7 Å². The van der Waals surface area contributed by atoms with Crippen molar-refractivity contribution in [3.8, 4) is 0 Å². The number of nitrogens with zero attached hydrogens (tertiary/aromatic N) is 3. The van der Waals surface area contributed by atoms with E-state index in [1.54, 1.807) is 23.2 Å². The van der Waals surface area contributed by atoms with E-state index < -0.39 is 29.5 Å². The molecule has 1 aromatic carbocycles. The molecule has 0 amide bonds.